The van der Waals surface area contributed by atoms with Gasteiger partial charge in [0.15, 0.2) is 0 Å². The summed E-state index contributed by atoms with van der Waals surface area (Å²) in [6.07, 6.45) is -3.00. The molecule has 1 N–H and O–H groups in total. The lowest BCUT2D eigenvalue weighted by Gasteiger charge is -2.14. The number of H-pyrrole nitrogens is 1. The molecular formula is C17H15F3N4O2. The molecule has 1 unspecified atom stereocenters. The Morgan fingerprint density at radius 1 is 1.15 bits per heavy atom. The molecule has 0 spiro atoms. The summed E-state index contributed by atoms with van der Waals surface area (Å²) in [6, 6.07) is 8.45. The number of hydrogen-bond acceptors (Lipinski definition) is 4. The topological polar surface area (TPSA) is 72.8 Å². The predicted octanol–water partition coefficient (Wildman–Crippen LogP) is 3.45. The third kappa shape index (κ3) is 4.11. The molecule has 26 heavy (non-hydrogen) atoms. The van der Waals surface area contributed by atoms with Crippen LogP contribution in [-0.4, -0.2) is 26.1 Å². The van der Waals surface area contributed by atoms with Crippen molar-refractivity contribution in [2.45, 2.75) is 26.3 Å². The Hall–Kier alpha value is -3.10. The van der Waals surface area contributed by atoms with Gasteiger partial charge < -0.3 is 9.72 Å². The maximum Gasteiger partial charge on any atom is 0.573 e. The maximum atomic E-state index is 12.2. The van der Waals surface area contributed by atoms with Crippen LogP contribution in [0, 0.1) is 6.92 Å². The lowest BCUT2D eigenvalue weighted by Crippen LogP contribution is -2.17. The number of alkyl halides is 3. The fourth-order valence-corrected chi connectivity index (χ4v) is 2.50. The predicted molar refractivity (Wildman–Crippen MR) is 87.8 cm³/mol. The van der Waals surface area contributed by atoms with E-state index >= 15 is 0 Å². The molecule has 2 heterocycles. The second-order valence-corrected chi connectivity index (χ2v) is 5.69. The van der Waals surface area contributed by atoms with Gasteiger partial charge in [0.05, 0.1) is 11.7 Å². The number of aryl methyl sites for hydroxylation is 1. The third-order valence-electron chi connectivity index (χ3n) is 3.72. The highest BCUT2D eigenvalue weighted by Crippen LogP contribution is 2.26. The molecule has 6 nitrogen and oxygen atoms in total. The van der Waals surface area contributed by atoms with Crippen molar-refractivity contribution < 1.29 is 17.9 Å². The summed E-state index contributed by atoms with van der Waals surface area (Å²) < 4.78 is 42.2. The van der Waals surface area contributed by atoms with Crippen LogP contribution in [0.2, 0.25) is 0 Å². The van der Waals surface area contributed by atoms with Crippen molar-refractivity contribution in [1.82, 2.24) is 19.7 Å². The molecule has 0 aliphatic heterocycles. The highest BCUT2D eigenvalue weighted by Gasteiger charge is 2.31. The van der Waals surface area contributed by atoms with Gasteiger partial charge in [0, 0.05) is 12.3 Å². The zero-order valence-electron chi connectivity index (χ0n) is 13.9. The Balaban J connectivity index is 1.81. The van der Waals surface area contributed by atoms with Crippen molar-refractivity contribution in [3.05, 3.63) is 64.3 Å². The number of halogens is 3. The number of ether oxygens (including phenoxy) is 1. The van der Waals surface area contributed by atoms with Crippen molar-refractivity contribution in [2.24, 2.45) is 0 Å². The van der Waals surface area contributed by atoms with Crippen LogP contribution in [0.15, 0.2) is 47.4 Å². The van der Waals surface area contributed by atoms with Gasteiger partial charge in [-0.25, -0.2) is 4.98 Å². The average Bonchev–Trinajstić information content (AvgIpc) is 3.02. The lowest BCUT2D eigenvalue weighted by molar-refractivity contribution is -0.274. The van der Waals surface area contributed by atoms with Crippen LogP contribution in [0.5, 0.6) is 5.75 Å². The Morgan fingerprint density at radius 2 is 1.85 bits per heavy atom. The molecule has 2 aromatic heterocycles. The van der Waals surface area contributed by atoms with E-state index in [9.17, 15) is 18.0 Å². The maximum absolute atomic E-state index is 12.2. The van der Waals surface area contributed by atoms with Crippen LogP contribution in [0.1, 0.15) is 24.4 Å². The molecule has 1 atom stereocenters. The van der Waals surface area contributed by atoms with Crippen LogP contribution in [0.3, 0.4) is 0 Å². The standard InChI is InChI=1S/C17H15F3N4O2/c1-10(12-3-5-13(6-4-12)26-17(18,19)20)24-8-7-14(23-24)15-9-16(25)22-11(2)21-15/h3-10H,1-2H3,(H,21,22,25). The molecule has 3 rings (SSSR count). The van der Waals surface area contributed by atoms with Gasteiger partial charge in [0.2, 0.25) is 0 Å². The Labute approximate surface area is 146 Å². The normalized spacial score (nSPS) is 12.8. The Kier molecular flexibility index (Phi) is 4.54. The SMILES string of the molecule is Cc1nc(-c2ccn(C(C)c3ccc(OC(F)(F)F)cc3)n2)cc(=O)[nH]1. The van der Waals surface area contributed by atoms with Crippen molar-refractivity contribution in [3.8, 4) is 17.1 Å². The fourth-order valence-electron chi connectivity index (χ4n) is 2.50. The van der Waals surface area contributed by atoms with Crippen molar-refractivity contribution in [2.75, 3.05) is 0 Å². The average molecular weight is 364 g/mol. The van der Waals surface area contributed by atoms with Gasteiger partial charge >= 0.3 is 6.36 Å². The van der Waals surface area contributed by atoms with Gasteiger partial charge in [0.1, 0.15) is 17.3 Å². The summed E-state index contributed by atoms with van der Waals surface area (Å²) in [5.41, 5.74) is 1.47. The molecule has 0 saturated heterocycles. The van der Waals surface area contributed by atoms with E-state index in [1.54, 1.807) is 36.0 Å². The summed E-state index contributed by atoms with van der Waals surface area (Å²) >= 11 is 0. The first-order valence-corrected chi connectivity index (χ1v) is 7.70. The van der Waals surface area contributed by atoms with Gasteiger partial charge in [0.25, 0.3) is 5.56 Å². The minimum Gasteiger partial charge on any atom is -0.406 e. The summed E-state index contributed by atoms with van der Waals surface area (Å²) in [4.78, 5) is 18.4. The van der Waals surface area contributed by atoms with Crippen LogP contribution in [0.4, 0.5) is 13.2 Å². The largest absolute Gasteiger partial charge is 0.573 e. The summed E-state index contributed by atoms with van der Waals surface area (Å²) in [6.45, 7) is 3.53. The fraction of sp³-hybridized carbons (Fsp3) is 0.235. The molecule has 1 aromatic carbocycles. The van der Waals surface area contributed by atoms with Crippen molar-refractivity contribution in [3.63, 3.8) is 0 Å². The molecule has 0 radical (unpaired) electrons. The molecule has 0 aliphatic carbocycles. The molecule has 0 saturated carbocycles. The number of aromatic nitrogens is 4. The van der Waals surface area contributed by atoms with E-state index in [2.05, 4.69) is 19.8 Å². The molecule has 3 aromatic rings. The molecule has 136 valence electrons. The molecule has 0 amide bonds. The van der Waals surface area contributed by atoms with Crippen LogP contribution < -0.4 is 10.3 Å². The number of rotatable bonds is 4. The van der Waals surface area contributed by atoms with E-state index in [-0.39, 0.29) is 17.4 Å². The quantitative estimate of drug-likeness (QED) is 0.770. The Morgan fingerprint density at radius 3 is 2.46 bits per heavy atom. The monoisotopic (exact) mass is 364 g/mol. The van der Waals surface area contributed by atoms with Crippen LogP contribution in [-0.2, 0) is 0 Å². The number of benzene rings is 1. The van der Waals surface area contributed by atoms with Gasteiger partial charge in [-0.05, 0) is 37.6 Å². The minimum absolute atomic E-state index is 0.230. The number of nitrogens with zero attached hydrogens (tertiary/aromatic N) is 3. The minimum atomic E-state index is -4.72. The van der Waals surface area contributed by atoms with E-state index in [1.165, 1.54) is 18.2 Å². The zero-order valence-corrected chi connectivity index (χ0v) is 13.9. The summed E-state index contributed by atoms with van der Waals surface area (Å²) in [7, 11) is 0. The van der Waals surface area contributed by atoms with E-state index in [4.69, 9.17) is 0 Å². The number of aromatic amines is 1. The number of hydrogen-bond donors (Lipinski definition) is 1. The van der Waals surface area contributed by atoms with Crippen LogP contribution in [0.25, 0.3) is 11.4 Å². The summed E-state index contributed by atoms with van der Waals surface area (Å²) in [5, 5.41) is 4.41. The van der Waals surface area contributed by atoms with Gasteiger partial charge in [-0.2, -0.15) is 5.10 Å². The number of nitrogens with one attached hydrogen (secondary N) is 1. The first kappa shape index (κ1) is 17.7. The van der Waals surface area contributed by atoms with E-state index in [1.807, 2.05) is 6.92 Å². The molecule has 0 bridgehead atoms. The lowest BCUT2D eigenvalue weighted by atomic mass is 10.1. The van der Waals surface area contributed by atoms with Crippen molar-refractivity contribution in [1.29, 1.82) is 0 Å². The van der Waals surface area contributed by atoms with E-state index in [0.29, 0.717) is 17.2 Å². The third-order valence-corrected chi connectivity index (χ3v) is 3.72. The van der Waals surface area contributed by atoms with E-state index in [0.717, 1.165) is 5.56 Å². The van der Waals surface area contributed by atoms with Gasteiger partial charge in [-0.1, -0.05) is 12.1 Å². The smallest absolute Gasteiger partial charge is 0.406 e. The highest BCUT2D eigenvalue weighted by molar-refractivity contribution is 5.52. The van der Waals surface area contributed by atoms with Crippen LogP contribution >= 0.6 is 0 Å². The van der Waals surface area contributed by atoms with E-state index < -0.39 is 6.36 Å². The first-order chi connectivity index (χ1) is 12.2. The molecule has 9 heteroatoms. The molecular weight excluding hydrogens is 349 g/mol. The Bertz CT molecular complexity index is 961. The second-order valence-electron chi connectivity index (χ2n) is 5.69. The van der Waals surface area contributed by atoms with Gasteiger partial charge in [-0.15, -0.1) is 13.2 Å². The molecule has 0 fully saturated rings. The second kappa shape index (κ2) is 6.66. The van der Waals surface area contributed by atoms with Gasteiger partial charge in [-0.3, -0.25) is 9.48 Å². The highest BCUT2D eigenvalue weighted by atomic mass is 19.4. The molecule has 0 aliphatic rings. The van der Waals surface area contributed by atoms with Crippen molar-refractivity contribution >= 4 is 0 Å². The summed E-state index contributed by atoms with van der Waals surface area (Å²) in [5.74, 6) is 0.202. The first-order valence-electron chi connectivity index (χ1n) is 7.70. The zero-order chi connectivity index (χ0) is 18.9.